The van der Waals surface area contributed by atoms with Crippen molar-refractivity contribution in [1.29, 1.82) is 0 Å². The Morgan fingerprint density at radius 1 is 1.13 bits per heavy atom. The zero-order valence-electron chi connectivity index (χ0n) is 13.8. The van der Waals surface area contributed by atoms with Crippen molar-refractivity contribution >= 4 is 11.9 Å². The highest BCUT2D eigenvalue weighted by atomic mass is 16.6. The Morgan fingerprint density at radius 2 is 1.78 bits per heavy atom. The lowest BCUT2D eigenvalue weighted by atomic mass is 10.1. The predicted molar refractivity (Wildman–Crippen MR) is 84.5 cm³/mol. The molecule has 1 rings (SSSR count). The third-order valence-corrected chi connectivity index (χ3v) is 3.06. The average Bonchev–Trinajstić information content (AvgIpc) is 2.48. The van der Waals surface area contributed by atoms with Crippen LogP contribution in [0.15, 0.2) is 24.3 Å². The average molecular weight is 324 g/mol. The van der Waals surface area contributed by atoms with Gasteiger partial charge >= 0.3 is 11.9 Å². The van der Waals surface area contributed by atoms with E-state index in [1.54, 1.807) is 26.0 Å². The third kappa shape index (κ3) is 7.15. The quantitative estimate of drug-likeness (QED) is 0.666. The van der Waals surface area contributed by atoms with Crippen molar-refractivity contribution in [2.24, 2.45) is 0 Å². The van der Waals surface area contributed by atoms with Crippen LogP contribution in [0.5, 0.6) is 5.75 Å². The van der Waals surface area contributed by atoms with Crippen molar-refractivity contribution < 1.29 is 28.9 Å². The predicted octanol–water partition coefficient (Wildman–Crippen LogP) is 2.44. The molecular formula is C17H24O6. The second-order valence-electron chi connectivity index (χ2n) is 5.07. The second-order valence-corrected chi connectivity index (χ2v) is 5.07. The highest BCUT2D eigenvalue weighted by molar-refractivity contribution is 5.75. The molecule has 0 spiro atoms. The standard InChI is InChI=1S/C17H24O6/c1-4-21-15(17(20)22-5-2)11-13-6-8-14(9-7-13)23-12(3)10-16(18)19/h6-9,12,15H,4-5,10-11H2,1-3H3,(H,18,19)/t12?,15-/m0/s1. The zero-order valence-corrected chi connectivity index (χ0v) is 13.8. The second kappa shape index (κ2) is 9.84. The molecule has 0 amide bonds. The van der Waals surface area contributed by atoms with Gasteiger partial charge in [-0.1, -0.05) is 12.1 Å². The number of carbonyl (C=O) groups is 2. The van der Waals surface area contributed by atoms with E-state index in [0.717, 1.165) is 5.56 Å². The molecule has 128 valence electrons. The Hall–Kier alpha value is -2.08. The molecule has 6 nitrogen and oxygen atoms in total. The van der Waals surface area contributed by atoms with Gasteiger partial charge in [-0.15, -0.1) is 0 Å². The number of ether oxygens (including phenoxy) is 3. The van der Waals surface area contributed by atoms with Gasteiger partial charge in [0.25, 0.3) is 0 Å². The first kappa shape index (κ1) is 19.0. The summed E-state index contributed by atoms with van der Waals surface area (Å²) >= 11 is 0. The normalized spacial score (nSPS) is 13.2. The summed E-state index contributed by atoms with van der Waals surface area (Å²) in [6.45, 7) is 6.03. The molecule has 6 heteroatoms. The van der Waals surface area contributed by atoms with Crippen LogP contribution in [0.3, 0.4) is 0 Å². The van der Waals surface area contributed by atoms with Crippen molar-refractivity contribution in [2.45, 2.75) is 45.8 Å². The Kier molecular flexibility index (Phi) is 8.11. The molecule has 0 heterocycles. The van der Waals surface area contributed by atoms with Gasteiger partial charge in [-0.2, -0.15) is 0 Å². The highest BCUT2D eigenvalue weighted by Crippen LogP contribution is 2.17. The maximum absolute atomic E-state index is 11.8. The Balaban J connectivity index is 2.63. The summed E-state index contributed by atoms with van der Waals surface area (Å²) < 4.78 is 15.9. The van der Waals surface area contributed by atoms with E-state index >= 15 is 0 Å². The first-order valence-electron chi connectivity index (χ1n) is 7.71. The summed E-state index contributed by atoms with van der Waals surface area (Å²) in [5.41, 5.74) is 0.912. The Bertz CT molecular complexity index is 496. The summed E-state index contributed by atoms with van der Waals surface area (Å²) in [5.74, 6) is -0.681. The van der Waals surface area contributed by atoms with E-state index in [2.05, 4.69) is 0 Å². The molecule has 1 N–H and O–H groups in total. The summed E-state index contributed by atoms with van der Waals surface area (Å²) in [6, 6.07) is 7.16. The number of carboxylic acid groups (broad SMARTS) is 1. The zero-order chi connectivity index (χ0) is 17.2. The van der Waals surface area contributed by atoms with Crippen LogP contribution in [-0.2, 0) is 25.5 Å². The van der Waals surface area contributed by atoms with E-state index in [1.807, 2.05) is 19.1 Å². The molecule has 1 aromatic carbocycles. The van der Waals surface area contributed by atoms with Gasteiger partial charge in [0.1, 0.15) is 11.9 Å². The van der Waals surface area contributed by atoms with Crippen LogP contribution in [0.2, 0.25) is 0 Å². The molecule has 0 aromatic heterocycles. The molecule has 1 unspecified atom stereocenters. The van der Waals surface area contributed by atoms with E-state index < -0.39 is 18.2 Å². The lowest BCUT2D eigenvalue weighted by Crippen LogP contribution is -2.29. The van der Waals surface area contributed by atoms with E-state index in [9.17, 15) is 9.59 Å². The fourth-order valence-corrected chi connectivity index (χ4v) is 2.08. The van der Waals surface area contributed by atoms with Crippen LogP contribution in [0.1, 0.15) is 32.8 Å². The van der Waals surface area contributed by atoms with Gasteiger partial charge < -0.3 is 19.3 Å². The van der Waals surface area contributed by atoms with Crippen LogP contribution < -0.4 is 4.74 Å². The summed E-state index contributed by atoms with van der Waals surface area (Å²) in [7, 11) is 0. The van der Waals surface area contributed by atoms with E-state index in [4.69, 9.17) is 19.3 Å². The van der Waals surface area contributed by atoms with Crippen molar-refractivity contribution in [3.05, 3.63) is 29.8 Å². The number of hydrogen-bond donors (Lipinski definition) is 1. The third-order valence-electron chi connectivity index (χ3n) is 3.06. The minimum Gasteiger partial charge on any atom is -0.490 e. The molecular weight excluding hydrogens is 300 g/mol. The lowest BCUT2D eigenvalue weighted by molar-refractivity contribution is -0.156. The van der Waals surface area contributed by atoms with Crippen molar-refractivity contribution in [2.75, 3.05) is 13.2 Å². The maximum Gasteiger partial charge on any atom is 0.335 e. The number of carboxylic acids is 1. The van der Waals surface area contributed by atoms with Gasteiger partial charge in [0.05, 0.1) is 13.0 Å². The van der Waals surface area contributed by atoms with Crippen LogP contribution in [0, 0.1) is 0 Å². The molecule has 0 saturated carbocycles. The van der Waals surface area contributed by atoms with Gasteiger partial charge in [-0.25, -0.2) is 4.79 Å². The molecule has 23 heavy (non-hydrogen) atoms. The summed E-state index contributed by atoms with van der Waals surface area (Å²) in [4.78, 5) is 22.4. The Morgan fingerprint density at radius 3 is 2.30 bits per heavy atom. The minimum absolute atomic E-state index is 0.0585. The van der Waals surface area contributed by atoms with Gasteiger partial charge in [0.15, 0.2) is 6.10 Å². The summed E-state index contributed by atoms with van der Waals surface area (Å²) in [5, 5.41) is 8.71. The van der Waals surface area contributed by atoms with Crippen molar-refractivity contribution in [3.8, 4) is 5.75 Å². The van der Waals surface area contributed by atoms with Gasteiger partial charge in [0.2, 0.25) is 0 Å². The first-order valence-corrected chi connectivity index (χ1v) is 7.71. The lowest BCUT2D eigenvalue weighted by Gasteiger charge is -2.16. The largest absolute Gasteiger partial charge is 0.490 e. The number of carbonyl (C=O) groups excluding carboxylic acids is 1. The van der Waals surface area contributed by atoms with E-state index in [-0.39, 0.29) is 12.4 Å². The van der Waals surface area contributed by atoms with Gasteiger partial charge in [-0.05, 0) is 38.5 Å². The number of benzene rings is 1. The van der Waals surface area contributed by atoms with E-state index in [1.165, 1.54) is 0 Å². The highest BCUT2D eigenvalue weighted by Gasteiger charge is 2.20. The van der Waals surface area contributed by atoms with Crippen molar-refractivity contribution in [3.63, 3.8) is 0 Å². The fraction of sp³-hybridized carbons (Fsp3) is 0.529. The minimum atomic E-state index is -0.900. The molecule has 0 fully saturated rings. The molecule has 0 bridgehead atoms. The van der Waals surface area contributed by atoms with Gasteiger partial charge in [0, 0.05) is 13.0 Å². The molecule has 0 radical (unpaired) electrons. The summed E-state index contributed by atoms with van der Waals surface area (Å²) in [6.07, 6.45) is -0.680. The smallest absolute Gasteiger partial charge is 0.335 e. The van der Waals surface area contributed by atoms with Crippen LogP contribution in [-0.4, -0.2) is 42.5 Å². The molecule has 1 aromatic rings. The number of aliphatic carboxylic acids is 1. The molecule has 2 atom stereocenters. The van der Waals surface area contributed by atoms with Crippen LogP contribution in [0.25, 0.3) is 0 Å². The number of hydrogen-bond acceptors (Lipinski definition) is 5. The number of esters is 1. The first-order chi connectivity index (χ1) is 11.0. The topological polar surface area (TPSA) is 82.1 Å². The molecule has 0 aliphatic carbocycles. The monoisotopic (exact) mass is 324 g/mol. The molecule has 0 aliphatic rings. The van der Waals surface area contributed by atoms with Crippen LogP contribution in [0.4, 0.5) is 0 Å². The van der Waals surface area contributed by atoms with Gasteiger partial charge in [-0.3, -0.25) is 4.79 Å². The fourth-order valence-electron chi connectivity index (χ4n) is 2.08. The van der Waals surface area contributed by atoms with Crippen LogP contribution >= 0.6 is 0 Å². The van der Waals surface area contributed by atoms with E-state index in [0.29, 0.717) is 25.4 Å². The van der Waals surface area contributed by atoms with Crippen molar-refractivity contribution in [1.82, 2.24) is 0 Å². The molecule has 0 aliphatic heterocycles. The molecule has 0 saturated heterocycles. The maximum atomic E-state index is 11.8. The Labute approximate surface area is 136 Å². The SMILES string of the molecule is CCOC(=O)[C@H](Cc1ccc(OC(C)CC(=O)O)cc1)OCC. The number of rotatable bonds is 10.